The van der Waals surface area contributed by atoms with E-state index in [4.69, 9.17) is 64.2 Å². The number of hydrogen-bond acceptors (Lipinski definition) is 12. The van der Waals surface area contributed by atoms with Crippen molar-refractivity contribution in [3.8, 4) is 0 Å². The third-order valence-electron chi connectivity index (χ3n) is 3.95. The summed E-state index contributed by atoms with van der Waals surface area (Å²) >= 11 is 0. The summed E-state index contributed by atoms with van der Waals surface area (Å²) < 4.78 is 50.8. The molecule has 4 radical (unpaired) electrons. The second kappa shape index (κ2) is 38.6. The largest absolute Gasteiger partial charge is 0.443 e. The Balaban J connectivity index is -0.000000289. The van der Waals surface area contributed by atoms with Crippen LogP contribution < -0.4 is 0 Å². The molecule has 4 unspecified atom stereocenters. The Morgan fingerprint density at radius 1 is 0.500 bits per heavy atom. The minimum absolute atomic E-state index is 0.154. The van der Waals surface area contributed by atoms with Gasteiger partial charge >= 0.3 is 0 Å². The van der Waals surface area contributed by atoms with Crippen LogP contribution in [0.3, 0.4) is 0 Å². The van der Waals surface area contributed by atoms with E-state index in [9.17, 15) is 0 Å². The Morgan fingerprint density at radius 3 is 1.00 bits per heavy atom. The van der Waals surface area contributed by atoms with Gasteiger partial charge in [-0.25, -0.2) is 0 Å². The molecule has 0 saturated heterocycles. The number of methoxy groups -OCH3 is 2. The minimum atomic E-state index is -0.503. The summed E-state index contributed by atoms with van der Waals surface area (Å²) in [5.41, 5.74) is 0. The highest BCUT2D eigenvalue weighted by atomic mass is 16.7. The van der Waals surface area contributed by atoms with Gasteiger partial charge in [0.1, 0.15) is 25.8 Å². The summed E-state index contributed by atoms with van der Waals surface area (Å²) in [6, 6.07) is 0. The van der Waals surface area contributed by atoms with Crippen LogP contribution in [0.2, 0.25) is 0 Å². The van der Waals surface area contributed by atoms with E-state index in [2.05, 4.69) is 9.31 Å². The van der Waals surface area contributed by atoms with Crippen LogP contribution in [0.4, 0.5) is 0 Å². The lowest BCUT2D eigenvalue weighted by atomic mass is 10.3. The number of ether oxygens (including phenoxy) is 8. The molecular formula is C26H58B2O12. The zero-order chi connectivity index (χ0) is 31.6. The third-order valence-corrected chi connectivity index (χ3v) is 3.95. The summed E-state index contributed by atoms with van der Waals surface area (Å²) in [5.74, 6) is 0. The lowest BCUT2D eigenvalue weighted by Crippen LogP contribution is -2.30. The fourth-order valence-corrected chi connectivity index (χ4v) is 2.17. The molecule has 0 spiro atoms. The second-order valence-corrected chi connectivity index (χ2v) is 8.13. The predicted molar refractivity (Wildman–Crippen MR) is 155 cm³/mol. The van der Waals surface area contributed by atoms with E-state index < -0.39 is 12.2 Å². The molecule has 0 aliphatic rings. The minimum Gasteiger partial charge on any atom is -0.443 e. The van der Waals surface area contributed by atoms with Crippen LogP contribution in [-0.4, -0.2) is 144 Å². The molecule has 0 bridgehead atoms. The molecule has 0 aliphatic heterocycles. The van der Waals surface area contributed by atoms with E-state index in [1.807, 2.05) is 41.5 Å². The van der Waals surface area contributed by atoms with Gasteiger partial charge in [0.2, 0.25) is 0 Å². The Kier molecular flexibility index (Phi) is 45.0. The zero-order valence-electron chi connectivity index (χ0n) is 26.7. The number of hydrogen-bond donors (Lipinski definition) is 2. The Morgan fingerprint density at radius 2 is 0.775 bits per heavy atom. The highest BCUT2D eigenvalue weighted by Crippen LogP contribution is 2.00. The average Bonchev–Trinajstić information content (AvgIpc) is 2.95. The Labute approximate surface area is 246 Å². The van der Waals surface area contributed by atoms with Gasteiger partial charge in [0.25, 0.3) is 16.1 Å². The molecule has 0 heterocycles. The molecule has 2 N–H and O–H groups in total. The molecule has 12 nitrogen and oxygen atoms in total. The van der Waals surface area contributed by atoms with Gasteiger partial charge in [-0.1, -0.05) is 27.7 Å². The van der Waals surface area contributed by atoms with Gasteiger partial charge in [0.15, 0.2) is 0 Å². The van der Waals surface area contributed by atoms with Gasteiger partial charge in [-0.15, -0.1) is 0 Å². The summed E-state index contributed by atoms with van der Waals surface area (Å²) in [6.07, 6.45) is -1.86. The van der Waals surface area contributed by atoms with E-state index in [0.717, 1.165) is 0 Å². The van der Waals surface area contributed by atoms with E-state index in [0.29, 0.717) is 39.6 Å². The van der Waals surface area contributed by atoms with Crippen LogP contribution in [-0.2, 0) is 47.2 Å². The Hall–Kier alpha value is -0.350. The molecule has 0 amide bonds. The van der Waals surface area contributed by atoms with E-state index in [1.165, 1.54) is 7.11 Å². The maximum atomic E-state index is 9.04. The number of aliphatic hydroxyl groups excluding tert-OH is 2. The van der Waals surface area contributed by atoms with Gasteiger partial charge in [0, 0.05) is 14.2 Å². The first-order chi connectivity index (χ1) is 19.2. The lowest BCUT2D eigenvalue weighted by molar-refractivity contribution is -0.128. The lowest BCUT2D eigenvalue weighted by Gasteiger charge is -2.20. The molecular weight excluding hydrogens is 526 g/mol. The van der Waals surface area contributed by atoms with E-state index >= 15 is 0 Å². The molecule has 0 aromatic heterocycles. The quantitative estimate of drug-likeness (QED) is 0.127. The van der Waals surface area contributed by atoms with Crippen LogP contribution in [0.5, 0.6) is 0 Å². The summed E-state index contributed by atoms with van der Waals surface area (Å²) in [7, 11) is 13.1. The topological polar surface area (TPSA) is 133 Å². The van der Waals surface area contributed by atoms with Crippen LogP contribution in [0.25, 0.3) is 0 Å². The van der Waals surface area contributed by atoms with Crippen LogP contribution in [0, 0.1) is 0 Å². The number of aliphatic hydroxyl groups is 2. The van der Waals surface area contributed by atoms with Gasteiger partial charge in [-0.3, -0.25) is 0 Å². The van der Waals surface area contributed by atoms with Crippen molar-refractivity contribution in [3.63, 3.8) is 0 Å². The van der Waals surface area contributed by atoms with Crippen molar-refractivity contribution >= 4 is 16.1 Å². The maximum absolute atomic E-state index is 9.04. The fraction of sp³-hybridized carbons (Fsp3) is 1.00. The molecule has 0 fully saturated rings. The summed E-state index contributed by atoms with van der Waals surface area (Å²) in [6.45, 7) is 17.8. The van der Waals surface area contributed by atoms with Crippen LogP contribution >= 0.6 is 0 Å². The highest BCUT2D eigenvalue weighted by Gasteiger charge is 2.13. The molecule has 0 aromatic carbocycles. The van der Waals surface area contributed by atoms with Crippen molar-refractivity contribution in [2.24, 2.45) is 0 Å². The van der Waals surface area contributed by atoms with Crippen molar-refractivity contribution in [1.82, 2.24) is 0 Å². The predicted octanol–water partition coefficient (Wildman–Crippen LogP) is 1.81. The molecule has 240 valence electrons. The summed E-state index contributed by atoms with van der Waals surface area (Å²) in [4.78, 5) is 0. The van der Waals surface area contributed by atoms with E-state index in [-0.39, 0.29) is 51.2 Å². The highest BCUT2D eigenvalue weighted by molar-refractivity contribution is 5.98. The van der Waals surface area contributed by atoms with Gasteiger partial charge in [0.05, 0.1) is 77.3 Å². The first-order valence-corrected chi connectivity index (χ1v) is 13.8. The van der Waals surface area contributed by atoms with Crippen molar-refractivity contribution < 1.29 is 57.4 Å². The molecule has 0 saturated carbocycles. The molecule has 40 heavy (non-hydrogen) atoms. The smallest absolute Gasteiger partial charge is 0.283 e. The monoisotopic (exact) mass is 584 g/mol. The third kappa shape index (κ3) is 39.8. The molecule has 0 aromatic rings. The van der Waals surface area contributed by atoms with Gasteiger partial charge in [-0.2, -0.15) is 0 Å². The SMILES string of the molecule is CC.CC.COCOC(COCC(C)O)COCC(C)O.[B]OC(C)COCC(COCC(C)O[B])OCOC. The maximum Gasteiger partial charge on any atom is 0.283 e. The van der Waals surface area contributed by atoms with Gasteiger partial charge in [-0.05, 0) is 27.7 Å². The second-order valence-electron chi connectivity index (χ2n) is 8.13. The van der Waals surface area contributed by atoms with Crippen molar-refractivity contribution in [3.05, 3.63) is 0 Å². The van der Waals surface area contributed by atoms with Crippen molar-refractivity contribution in [2.45, 2.75) is 92.0 Å². The first-order valence-electron chi connectivity index (χ1n) is 13.8. The van der Waals surface area contributed by atoms with Crippen LogP contribution in [0.15, 0.2) is 0 Å². The van der Waals surface area contributed by atoms with E-state index in [1.54, 1.807) is 21.0 Å². The van der Waals surface area contributed by atoms with Crippen LogP contribution in [0.1, 0.15) is 55.4 Å². The van der Waals surface area contributed by atoms with Crippen molar-refractivity contribution in [2.75, 3.05) is 80.7 Å². The van der Waals surface area contributed by atoms with Crippen molar-refractivity contribution in [1.29, 1.82) is 0 Å². The van der Waals surface area contributed by atoms with Gasteiger partial charge < -0.3 is 57.4 Å². The number of rotatable bonds is 24. The summed E-state index contributed by atoms with van der Waals surface area (Å²) in [5, 5.41) is 18.1. The Bertz CT molecular complexity index is 410. The first kappa shape index (κ1) is 46.6. The standard InChI is InChI=1S/C11H22B2O6.C11H24O6.2C2H6/c1-9(18-12)4-15-6-11(17-8-14-3)7-16-5-10(2)19-13;1-9(12)4-15-6-11(17-8-14-3)7-16-5-10(2)13;2*1-2/h9-11H,4-8H2,1-3H3;9-13H,4-8H2,1-3H3;2*1-2H3. The molecule has 0 aliphatic carbocycles. The molecule has 4 atom stereocenters. The normalized spacial score (nSPS) is 15.1. The zero-order valence-corrected chi connectivity index (χ0v) is 26.7. The average molecular weight is 584 g/mol. The molecule has 0 rings (SSSR count). The fourth-order valence-electron chi connectivity index (χ4n) is 2.17. The molecule has 14 heteroatoms.